The van der Waals surface area contributed by atoms with E-state index in [-0.39, 0.29) is 0 Å². The van der Waals surface area contributed by atoms with Gasteiger partial charge < -0.3 is 9.64 Å². The number of hydrogen-bond donors (Lipinski definition) is 1. The minimum Gasteiger partial charge on any atom is -0.444 e. The standard InChI is InChI=1S/C23H30BrN3O2/c1-5-18-19(15-25-21(20(18)24)26-22(28)29-23(2,3)4)16-10-9-11-17(14-16)27-12-7-6-8-13-27/h9-11,14-15H,5-8,12-13H2,1-4H3,(H,25,26,28). The fraction of sp³-hybridized carbons (Fsp3) is 0.478. The first-order valence-electron chi connectivity index (χ1n) is 10.3. The Morgan fingerprint density at radius 3 is 2.62 bits per heavy atom. The molecule has 0 saturated carbocycles. The fourth-order valence-electron chi connectivity index (χ4n) is 3.63. The number of rotatable bonds is 4. The van der Waals surface area contributed by atoms with Gasteiger partial charge in [-0.3, -0.25) is 5.32 Å². The molecule has 1 N–H and O–H groups in total. The third-order valence-electron chi connectivity index (χ3n) is 4.97. The highest BCUT2D eigenvalue weighted by Crippen LogP contribution is 2.35. The molecule has 6 heteroatoms. The van der Waals surface area contributed by atoms with E-state index in [1.807, 2.05) is 27.0 Å². The Morgan fingerprint density at radius 1 is 1.24 bits per heavy atom. The Balaban J connectivity index is 1.89. The van der Waals surface area contributed by atoms with E-state index < -0.39 is 11.7 Å². The number of pyridine rings is 1. The van der Waals surface area contributed by atoms with Gasteiger partial charge in [-0.2, -0.15) is 0 Å². The largest absolute Gasteiger partial charge is 0.444 e. The predicted molar refractivity (Wildman–Crippen MR) is 123 cm³/mol. The first kappa shape index (κ1) is 21.6. The van der Waals surface area contributed by atoms with Crippen molar-refractivity contribution in [2.45, 2.75) is 59.0 Å². The quantitative estimate of drug-likeness (QED) is 0.573. The number of hydrogen-bond acceptors (Lipinski definition) is 4. The summed E-state index contributed by atoms with van der Waals surface area (Å²) in [6.45, 7) is 9.85. The highest BCUT2D eigenvalue weighted by atomic mass is 79.9. The van der Waals surface area contributed by atoms with Gasteiger partial charge >= 0.3 is 6.09 Å². The third kappa shape index (κ3) is 5.50. The molecule has 156 valence electrons. The van der Waals surface area contributed by atoms with Crippen molar-refractivity contribution in [3.8, 4) is 11.1 Å². The summed E-state index contributed by atoms with van der Waals surface area (Å²) in [4.78, 5) is 19.1. The number of benzene rings is 1. The molecule has 3 rings (SSSR count). The summed E-state index contributed by atoms with van der Waals surface area (Å²) in [6.07, 6.45) is 5.97. The van der Waals surface area contributed by atoms with Crippen molar-refractivity contribution >= 4 is 33.5 Å². The Bertz CT molecular complexity index is 871. The molecule has 0 unspecified atom stereocenters. The lowest BCUT2D eigenvalue weighted by molar-refractivity contribution is 0.0635. The van der Waals surface area contributed by atoms with E-state index in [1.165, 1.54) is 24.9 Å². The summed E-state index contributed by atoms with van der Waals surface area (Å²) < 4.78 is 6.15. The Morgan fingerprint density at radius 2 is 1.97 bits per heavy atom. The molecule has 0 aliphatic carbocycles. The van der Waals surface area contributed by atoms with Crippen LogP contribution in [0.3, 0.4) is 0 Å². The molecule has 1 aromatic heterocycles. The number of carbonyl (C=O) groups excluding carboxylic acids is 1. The van der Waals surface area contributed by atoms with E-state index in [9.17, 15) is 4.79 Å². The number of halogens is 1. The van der Waals surface area contributed by atoms with Gasteiger partial charge in [0.1, 0.15) is 11.4 Å². The number of aromatic nitrogens is 1. The van der Waals surface area contributed by atoms with E-state index in [2.05, 4.69) is 62.3 Å². The van der Waals surface area contributed by atoms with Crippen molar-refractivity contribution in [2.75, 3.05) is 23.3 Å². The lowest BCUT2D eigenvalue weighted by Crippen LogP contribution is -2.29. The molecule has 5 nitrogen and oxygen atoms in total. The molecule has 2 heterocycles. The van der Waals surface area contributed by atoms with Crippen LogP contribution in [0, 0.1) is 0 Å². The molecule has 0 radical (unpaired) electrons. The van der Waals surface area contributed by atoms with Crippen LogP contribution in [0.25, 0.3) is 11.1 Å². The summed E-state index contributed by atoms with van der Waals surface area (Å²) in [5.74, 6) is 0.479. The second-order valence-corrected chi connectivity index (χ2v) is 9.18. The summed E-state index contributed by atoms with van der Waals surface area (Å²) >= 11 is 3.65. The Kier molecular flexibility index (Phi) is 6.83. The van der Waals surface area contributed by atoms with Crippen LogP contribution in [0.1, 0.15) is 52.5 Å². The Labute approximate surface area is 182 Å². The van der Waals surface area contributed by atoms with E-state index >= 15 is 0 Å². The predicted octanol–water partition coefficient (Wildman–Crippen LogP) is 6.41. The average molecular weight is 460 g/mol. The van der Waals surface area contributed by atoms with Gasteiger partial charge in [-0.15, -0.1) is 0 Å². The van der Waals surface area contributed by atoms with E-state index in [1.54, 1.807) is 0 Å². The van der Waals surface area contributed by atoms with Gasteiger partial charge in [0.25, 0.3) is 0 Å². The summed E-state index contributed by atoms with van der Waals surface area (Å²) in [7, 11) is 0. The molecule has 1 saturated heterocycles. The van der Waals surface area contributed by atoms with Gasteiger partial charge in [0.2, 0.25) is 0 Å². The minimum absolute atomic E-state index is 0.479. The van der Waals surface area contributed by atoms with Crippen molar-refractivity contribution in [1.29, 1.82) is 0 Å². The highest BCUT2D eigenvalue weighted by molar-refractivity contribution is 9.10. The lowest BCUT2D eigenvalue weighted by atomic mass is 9.99. The molecular weight excluding hydrogens is 430 g/mol. The SMILES string of the molecule is CCc1c(-c2cccc(N3CCCCC3)c2)cnc(NC(=O)OC(C)(C)C)c1Br. The van der Waals surface area contributed by atoms with Gasteiger partial charge in [0.15, 0.2) is 0 Å². The molecule has 1 aliphatic rings. The molecule has 0 atom stereocenters. The zero-order valence-electron chi connectivity index (χ0n) is 17.7. The maximum atomic E-state index is 12.2. The van der Waals surface area contributed by atoms with Gasteiger partial charge in [-0.1, -0.05) is 19.1 Å². The topological polar surface area (TPSA) is 54.5 Å². The first-order chi connectivity index (χ1) is 13.8. The van der Waals surface area contributed by atoms with Crippen LogP contribution >= 0.6 is 15.9 Å². The molecule has 1 aliphatic heterocycles. The molecule has 1 amide bonds. The van der Waals surface area contributed by atoms with Crippen LogP contribution in [0.15, 0.2) is 34.9 Å². The number of amides is 1. The van der Waals surface area contributed by atoms with Gasteiger partial charge in [0, 0.05) is 30.5 Å². The van der Waals surface area contributed by atoms with Crippen LogP contribution in [0.2, 0.25) is 0 Å². The number of piperidine rings is 1. The molecule has 29 heavy (non-hydrogen) atoms. The molecule has 1 fully saturated rings. The number of carbonyl (C=O) groups is 1. The fourth-order valence-corrected chi connectivity index (χ4v) is 4.32. The molecule has 1 aromatic carbocycles. The second-order valence-electron chi connectivity index (χ2n) is 8.39. The van der Waals surface area contributed by atoms with Crippen LogP contribution in [-0.4, -0.2) is 29.8 Å². The molecule has 0 bridgehead atoms. The van der Waals surface area contributed by atoms with E-state index in [0.717, 1.165) is 40.7 Å². The normalized spacial score (nSPS) is 14.6. The maximum absolute atomic E-state index is 12.2. The van der Waals surface area contributed by atoms with Crippen LogP contribution < -0.4 is 10.2 Å². The first-order valence-corrected chi connectivity index (χ1v) is 11.1. The molecule has 0 spiro atoms. The van der Waals surface area contributed by atoms with Crippen molar-refractivity contribution in [3.05, 3.63) is 40.5 Å². The number of anilines is 2. The van der Waals surface area contributed by atoms with Crippen molar-refractivity contribution < 1.29 is 9.53 Å². The summed E-state index contributed by atoms with van der Waals surface area (Å²) in [5.41, 5.74) is 4.03. The number of ether oxygens (including phenoxy) is 1. The van der Waals surface area contributed by atoms with Crippen molar-refractivity contribution in [3.63, 3.8) is 0 Å². The average Bonchev–Trinajstić information content (AvgIpc) is 2.68. The van der Waals surface area contributed by atoms with Crippen molar-refractivity contribution in [2.24, 2.45) is 0 Å². The third-order valence-corrected chi connectivity index (χ3v) is 5.83. The zero-order chi connectivity index (χ0) is 21.0. The van der Waals surface area contributed by atoms with Crippen LogP contribution in [0.5, 0.6) is 0 Å². The van der Waals surface area contributed by atoms with Gasteiger partial charge in [-0.05, 0) is 85.6 Å². The van der Waals surface area contributed by atoms with Gasteiger partial charge in [-0.25, -0.2) is 9.78 Å². The smallest absolute Gasteiger partial charge is 0.413 e. The second kappa shape index (κ2) is 9.16. The maximum Gasteiger partial charge on any atom is 0.413 e. The summed E-state index contributed by atoms with van der Waals surface area (Å²) in [6, 6.07) is 8.66. The summed E-state index contributed by atoms with van der Waals surface area (Å²) in [5, 5.41) is 2.76. The zero-order valence-corrected chi connectivity index (χ0v) is 19.3. The van der Waals surface area contributed by atoms with E-state index in [4.69, 9.17) is 4.74 Å². The number of nitrogens with zero attached hydrogens (tertiary/aromatic N) is 2. The molecular formula is C23H30BrN3O2. The highest BCUT2D eigenvalue weighted by Gasteiger charge is 2.20. The number of nitrogens with one attached hydrogen (secondary N) is 1. The van der Waals surface area contributed by atoms with Gasteiger partial charge in [0.05, 0.1) is 4.47 Å². The lowest BCUT2D eigenvalue weighted by Gasteiger charge is -2.29. The van der Waals surface area contributed by atoms with Crippen molar-refractivity contribution in [1.82, 2.24) is 4.98 Å². The minimum atomic E-state index is -0.557. The monoisotopic (exact) mass is 459 g/mol. The van der Waals surface area contributed by atoms with Crippen LogP contribution in [-0.2, 0) is 11.2 Å². The molecule has 2 aromatic rings. The van der Waals surface area contributed by atoms with Crippen LogP contribution in [0.4, 0.5) is 16.3 Å². The van der Waals surface area contributed by atoms with E-state index in [0.29, 0.717) is 5.82 Å². The Hall–Kier alpha value is -2.08.